The number of rotatable bonds is 1. The molecule has 0 atom stereocenters. The summed E-state index contributed by atoms with van der Waals surface area (Å²) in [5.41, 5.74) is 0. The molecule has 0 bridgehead atoms. The van der Waals surface area contributed by atoms with Gasteiger partial charge in [-0.1, -0.05) is 19.3 Å². The van der Waals surface area contributed by atoms with Gasteiger partial charge in [-0.05, 0) is 32.9 Å². The zero-order valence-electron chi connectivity index (χ0n) is 10.5. The Hall–Kier alpha value is -0.570. The van der Waals surface area contributed by atoms with E-state index in [4.69, 9.17) is 5.41 Å². The second-order valence-electron chi connectivity index (χ2n) is 5.36. The van der Waals surface area contributed by atoms with Crippen molar-refractivity contribution in [2.24, 2.45) is 5.92 Å². The molecule has 1 N–H and O–H groups in total. The van der Waals surface area contributed by atoms with Crippen LogP contribution in [-0.2, 0) is 0 Å². The molecular weight excluding hydrogens is 198 g/mol. The van der Waals surface area contributed by atoms with Crippen LogP contribution in [0, 0.1) is 11.3 Å². The molecule has 2 rings (SSSR count). The molecule has 1 saturated heterocycles. The first-order valence-corrected chi connectivity index (χ1v) is 6.79. The molecule has 0 unspecified atom stereocenters. The third kappa shape index (κ3) is 2.97. The molecule has 0 aromatic heterocycles. The average Bonchev–Trinajstić information content (AvgIpc) is 2.54. The Balaban J connectivity index is 1.87. The molecule has 92 valence electrons. The molecule has 0 aromatic carbocycles. The van der Waals surface area contributed by atoms with E-state index in [2.05, 4.69) is 16.8 Å². The zero-order chi connectivity index (χ0) is 11.4. The van der Waals surface area contributed by atoms with Crippen LogP contribution in [0.2, 0.25) is 0 Å². The molecule has 1 aliphatic carbocycles. The minimum absolute atomic E-state index is 0.567. The van der Waals surface area contributed by atoms with Crippen LogP contribution in [0.15, 0.2) is 0 Å². The third-order valence-corrected chi connectivity index (χ3v) is 4.05. The number of hydrogen-bond donors (Lipinski definition) is 1. The van der Waals surface area contributed by atoms with E-state index < -0.39 is 0 Å². The van der Waals surface area contributed by atoms with Crippen LogP contribution >= 0.6 is 0 Å². The van der Waals surface area contributed by atoms with Crippen molar-refractivity contribution in [1.29, 1.82) is 5.41 Å². The van der Waals surface area contributed by atoms with E-state index in [0.717, 1.165) is 25.5 Å². The number of hydrogen-bond acceptors (Lipinski definition) is 2. The maximum atomic E-state index is 8.35. The normalized spacial score (nSPS) is 25.4. The Labute approximate surface area is 99.3 Å². The fraction of sp³-hybridized carbons (Fsp3) is 0.923. The first kappa shape index (κ1) is 11.9. The van der Waals surface area contributed by atoms with Crippen LogP contribution in [0.1, 0.15) is 38.5 Å². The number of amidine groups is 1. The smallest absolute Gasteiger partial charge is 0.0989 e. The van der Waals surface area contributed by atoms with Crippen LogP contribution in [-0.4, -0.2) is 48.9 Å². The SMILES string of the molecule is CN1CCCN(C(=N)C2CCCCC2)CC1. The van der Waals surface area contributed by atoms with Gasteiger partial charge in [0.2, 0.25) is 0 Å². The van der Waals surface area contributed by atoms with Crippen LogP contribution in [0.25, 0.3) is 0 Å². The largest absolute Gasteiger partial charge is 0.359 e. The minimum atomic E-state index is 0.567. The molecule has 3 nitrogen and oxygen atoms in total. The Bertz CT molecular complexity index is 233. The predicted octanol–water partition coefficient (Wildman–Crippen LogP) is 2.18. The van der Waals surface area contributed by atoms with Crippen molar-refractivity contribution >= 4 is 5.84 Å². The number of likely N-dealkylation sites (N-methyl/N-ethyl adjacent to an activating group) is 1. The van der Waals surface area contributed by atoms with Crippen molar-refractivity contribution in [2.45, 2.75) is 38.5 Å². The Morgan fingerprint density at radius 3 is 2.44 bits per heavy atom. The molecule has 3 heteroatoms. The summed E-state index contributed by atoms with van der Waals surface area (Å²) in [6.07, 6.45) is 7.77. The molecule has 0 spiro atoms. The molecule has 1 heterocycles. The van der Waals surface area contributed by atoms with Crippen molar-refractivity contribution in [3.05, 3.63) is 0 Å². The number of nitrogens with zero attached hydrogens (tertiary/aromatic N) is 2. The van der Waals surface area contributed by atoms with E-state index in [1.54, 1.807) is 0 Å². The number of nitrogens with one attached hydrogen (secondary N) is 1. The fourth-order valence-corrected chi connectivity index (χ4v) is 2.92. The molecule has 0 aromatic rings. The molecule has 0 amide bonds. The lowest BCUT2D eigenvalue weighted by atomic mass is 9.88. The van der Waals surface area contributed by atoms with E-state index in [1.807, 2.05) is 0 Å². The molecule has 1 aliphatic heterocycles. The van der Waals surface area contributed by atoms with E-state index in [9.17, 15) is 0 Å². The van der Waals surface area contributed by atoms with E-state index >= 15 is 0 Å². The van der Waals surface area contributed by atoms with Crippen LogP contribution in [0.4, 0.5) is 0 Å². The molecule has 2 aliphatic rings. The van der Waals surface area contributed by atoms with E-state index in [-0.39, 0.29) is 0 Å². The van der Waals surface area contributed by atoms with Crippen molar-refractivity contribution in [2.75, 3.05) is 33.2 Å². The van der Waals surface area contributed by atoms with Crippen molar-refractivity contribution in [1.82, 2.24) is 9.80 Å². The van der Waals surface area contributed by atoms with Gasteiger partial charge in [-0.3, -0.25) is 5.41 Å². The monoisotopic (exact) mass is 223 g/mol. The highest BCUT2D eigenvalue weighted by atomic mass is 15.2. The predicted molar refractivity (Wildman–Crippen MR) is 68.0 cm³/mol. The highest BCUT2D eigenvalue weighted by Gasteiger charge is 2.23. The van der Waals surface area contributed by atoms with Gasteiger partial charge in [0.05, 0.1) is 5.84 Å². The van der Waals surface area contributed by atoms with Crippen LogP contribution in [0.3, 0.4) is 0 Å². The molecule has 16 heavy (non-hydrogen) atoms. The van der Waals surface area contributed by atoms with Gasteiger partial charge in [0.15, 0.2) is 0 Å². The first-order chi connectivity index (χ1) is 7.77. The summed E-state index contributed by atoms with van der Waals surface area (Å²) in [5.74, 6) is 1.51. The Morgan fingerprint density at radius 1 is 0.938 bits per heavy atom. The average molecular weight is 223 g/mol. The maximum Gasteiger partial charge on any atom is 0.0989 e. The fourth-order valence-electron chi connectivity index (χ4n) is 2.92. The third-order valence-electron chi connectivity index (χ3n) is 4.05. The summed E-state index contributed by atoms with van der Waals surface area (Å²) in [4.78, 5) is 4.72. The van der Waals surface area contributed by atoms with Crippen molar-refractivity contribution in [3.8, 4) is 0 Å². The lowest BCUT2D eigenvalue weighted by Crippen LogP contribution is -2.38. The van der Waals surface area contributed by atoms with Crippen LogP contribution in [0.5, 0.6) is 0 Å². The van der Waals surface area contributed by atoms with Gasteiger partial charge in [-0.2, -0.15) is 0 Å². The minimum Gasteiger partial charge on any atom is -0.359 e. The molecule has 2 fully saturated rings. The van der Waals surface area contributed by atoms with Gasteiger partial charge in [0.25, 0.3) is 0 Å². The summed E-state index contributed by atoms with van der Waals surface area (Å²) in [6.45, 7) is 4.47. The molecule has 0 radical (unpaired) electrons. The lowest BCUT2D eigenvalue weighted by molar-refractivity contribution is 0.332. The summed E-state index contributed by atoms with van der Waals surface area (Å²) in [7, 11) is 2.19. The highest BCUT2D eigenvalue weighted by molar-refractivity contribution is 5.81. The zero-order valence-corrected chi connectivity index (χ0v) is 10.5. The van der Waals surface area contributed by atoms with Crippen molar-refractivity contribution in [3.63, 3.8) is 0 Å². The summed E-state index contributed by atoms with van der Waals surface area (Å²) in [5, 5.41) is 8.35. The topological polar surface area (TPSA) is 30.3 Å². The van der Waals surface area contributed by atoms with Gasteiger partial charge in [-0.15, -0.1) is 0 Å². The van der Waals surface area contributed by atoms with Crippen LogP contribution < -0.4 is 0 Å². The molecular formula is C13H25N3. The second-order valence-corrected chi connectivity index (χ2v) is 5.36. The van der Waals surface area contributed by atoms with Gasteiger partial charge in [0.1, 0.15) is 0 Å². The maximum absolute atomic E-state index is 8.35. The molecule has 1 saturated carbocycles. The summed E-state index contributed by atoms with van der Waals surface area (Å²) >= 11 is 0. The van der Waals surface area contributed by atoms with Gasteiger partial charge in [0, 0.05) is 25.6 Å². The Kier molecular flexibility index (Phi) is 4.22. The lowest BCUT2D eigenvalue weighted by Gasteiger charge is -2.31. The summed E-state index contributed by atoms with van der Waals surface area (Å²) < 4.78 is 0. The first-order valence-electron chi connectivity index (χ1n) is 6.79. The van der Waals surface area contributed by atoms with E-state index in [1.165, 1.54) is 45.1 Å². The van der Waals surface area contributed by atoms with Gasteiger partial charge >= 0.3 is 0 Å². The highest BCUT2D eigenvalue weighted by Crippen LogP contribution is 2.25. The second kappa shape index (κ2) is 5.67. The standard InChI is InChI=1S/C13H25N3/c1-15-8-5-9-16(11-10-15)13(14)12-6-3-2-4-7-12/h12,14H,2-11H2,1H3. The van der Waals surface area contributed by atoms with Gasteiger partial charge in [-0.25, -0.2) is 0 Å². The quantitative estimate of drug-likeness (QED) is 0.545. The van der Waals surface area contributed by atoms with E-state index in [0.29, 0.717) is 5.92 Å². The Morgan fingerprint density at radius 2 is 1.69 bits per heavy atom. The van der Waals surface area contributed by atoms with Gasteiger partial charge < -0.3 is 9.80 Å². The summed E-state index contributed by atoms with van der Waals surface area (Å²) in [6, 6.07) is 0. The van der Waals surface area contributed by atoms with Crippen molar-refractivity contribution < 1.29 is 0 Å².